The SMILES string of the molecule is CC(=O)NC1[C@H](O[C@@H]2C(CO)O[C@@H](O[C@@H]3C(CO)O[C@@H](C)C(N)[C@H]3O)C(NCC(C)N)[C@H]2O)OC(CO)[C@H](C)[C@@H]1O. The third-order valence-corrected chi connectivity index (χ3v) is 7.96. The molecule has 41 heavy (non-hydrogen) atoms. The van der Waals surface area contributed by atoms with E-state index in [4.69, 9.17) is 35.2 Å². The van der Waals surface area contributed by atoms with Crippen molar-refractivity contribution in [3.8, 4) is 0 Å². The Morgan fingerprint density at radius 3 is 1.90 bits per heavy atom. The van der Waals surface area contributed by atoms with Gasteiger partial charge in [0.25, 0.3) is 0 Å². The van der Waals surface area contributed by atoms with Crippen LogP contribution in [0.1, 0.15) is 27.7 Å². The van der Waals surface area contributed by atoms with Crippen molar-refractivity contribution in [2.75, 3.05) is 26.4 Å². The first-order chi connectivity index (χ1) is 19.3. The molecule has 0 spiro atoms. The molecular weight excluding hydrogens is 548 g/mol. The van der Waals surface area contributed by atoms with Gasteiger partial charge in [0, 0.05) is 25.4 Å². The van der Waals surface area contributed by atoms with Gasteiger partial charge in [-0.25, -0.2) is 0 Å². The average molecular weight is 597 g/mol. The van der Waals surface area contributed by atoms with E-state index in [0.717, 1.165) is 0 Å². The van der Waals surface area contributed by atoms with Gasteiger partial charge in [-0.2, -0.15) is 0 Å². The number of carbonyl (C=O) groups is 1. The molecule has 3 fully saturated rings. The summed E-state index contributed by atoms with van der Waals surface area (Å²) in [4.78, 5) is 11.9. The molecule has 0 aromatic carbocycles. The Balaban J connectivity index is 1.88. The Morgan fingerprint density at radius 2 is 1.37 bits per heavy atom. The molecule has 1 amide bonds. The van der Waals surface area contributed by atoms with Crippen LogP contribution in [0.4, 0.5) is 0 Å². The molecule has 3 aliphatic heterocycles. The smallest absolute Gasteiger partial charge is 0.217 e. The first kappa shape index (κ1) is 34.4. The highest BCUT2D eigenvalue weighted by atomic mass is 16.7. The summed E-state index contributed by atoms with van der Waals surface area (Å²) in [5.41, 5.74) is 12.0. The van der Waals surface area contributed by atoms with Gasteiger partial charge < -0.3 is 76.4 Å². The van der Waals surface area contributed by atoms with Crippen molar-refractivity contribution in [1.29, 1.82) is 0 Å². The molecule has 16 heteroatoms. The minimum absolute atomic E-state index is 0.197. The molecule has 0 aromatic rings. The number of nitrogens with two attached hydrogens (primary N) is 2. The van der Waals surface area contributed by atoms with Crippen LogP contribution in [0, 0.1) is 5.92 Å². The van der Waals surface area contributed by atoms with Crippen LogP contribution in [0.15, 0.2) is 0 Å². The first-order valence-electron chi connectivity index (χ1n) is 14.0. The summed E-state index contributed by atoms with van der Waals surface area (Å²) in [6.07, 6.45) is -12.5. The summed E-state index contributed by atoms with van der Waals surface area (Å²) in [5.74, 6) is -1.03. The molecular formula is C25H48N4O12. The van der Waals surface area contributed by atoms with Gasteiger partial charge >= 0.3 is 0 Å². The van der Waals surface area contributed by atoms with E-state index in [9.17, 15) is 35.4 Å². The van der Waals surface area contributed by atoms with Crippen LogP contribution in [0.2, 0.25) is 0 Å². The van der Waals surface area contributed by atoms with Gasteiger partial charge in [0.2, 0.25) is 5.91 Å². The van der Waals surface area contributed by atoms with Crippen molar-refractivity contribution in [2.45, 2.75) is 119 Å². The van der Waals surface area contributed by atoms with Gasteiger partial charge in [-0.15, -0.1) is 0 Å². The fourth-order valence-corrected chi connectivity index (χ4v) is 5.48. The van der Waals surface area contributed by atoms with Crippen molar-refractivity contribution in [3.63, 3.8) is 0 Å². The zero-order valence-electron chi connectivity index (χ0n) is 23.9. The average Bonchev–Trinajstić information content (AvgIpc) is 2.92. The Kier molecular flexibility index (Phi) is 12.6. The molecule has 0 aliphatic carbocycles. The number of nitrogens with one attached hydrogen (secondary N) is 2. The second-order valence-corrected chi connectivity index (χ2v) is 11.3. The normalized spacial score (nSPS) is 46.2. The van der Waals surface area contributed by atoms with E-state index in [0.29, 0.717) is 0 Å². The van der Waals surface area contributed by atoms with Gasteiger partial charge in [0.05, 0.1) is 50.2 Å². The summed E-state index contributed by atoms with van der Waals surface area (Å²) in [6.45, 7) is 4.92. The van der Waals surface area contributed by atoms with Crippen LogP contribution >= 0.6 is 0 Å². The van der Waals surface area contributed by atoms with Gasteiger partial charge in [0.15, 0.2) is 12.6 Å². The number of ether oxygens (including phenoxy) is 5. The molecule has 0 bridgehead atoms. The Bertz CT molecular complexity index is 827. The lowest BCUT2D eigenvalue weighted by molar-refractivity contribution is -0.344. The molecule has 240 valence electrons. The lowest BCUT2D eigenvalue weighted by Crippen LogP contribution is -2.70. The Hall–Kier alpha value is -1.09. The fraction of sp³-hybridized carbons (Fsp3) is 0.960. The minimum Gasteiger partial charge on any atom is -0.394 e. The van der Waals surface area contributed by atoms with Gasteiger partial charge in [-0.1, -0.05) is 6.92 Å². The highest BCUT2D eigenvalue weighted by Crippen LogP contribution is 2.33. The summed E-state index contributed by atoms with van der Waals surface area (Å²) >= 11 is 0. The predicted octanol–water partition coefficient (Wildman–Crippen LogP) is -5.17. The topological polar surface area (TPSA) is 261 Å². The van der Waals surface area contributed by atoms with Crippen LogP contribution in [-0.4, -0.2) is 155 Å². The Morgan fingerprint density at radius 1 is 0.854 bits per heavy atom. The number of aliphatic hydroxyl groups excluding tert-OH is 6. The lowest BCUT2D eigenvalue weighted by atomic mass is 9.89. The van der Waals surface area contributed by atoms with E-state index >= 15 is 0 Å². The molecule has 12 N–H and O–H groups in total. The summed E-state index contributed by atoms with van der Waals surface area (Å²) in [7, 11) is 0. The number of aliphatic hydroxyl groups is 6. The van der Waals surface area contributed by atoms with Crippen molar-refractivity contribution in [1.82, 2.24) is 10.6 Å². The third-order valence-electron chi connectivity index (χ3n) is 7.96. The number of hydrogen-bond acceptors (Lipinski definition) is 15. The van der Waals surface area contributed by atoms with Crippen LogP contribution in [0.3, 0.4) is 0 Å². The van der Waals surface area contributed by atoms with Crippen LogP contribution in [0.25, 0.3) is 0 Å². The van der Waals surface area contributed by atoms with Crippen LogP contribution in [-0.2, 0) is 28.5 Å². The van der Waals surface area contributed by atoms with Gasteiger partial charge in [-0.05, 0) is 13.8 Å². The van der Waals surface area contributed by atoms with E-state index in [2.05, 4.69) is 10.6 Å². The van der Waals surface area contributed by atoms with E-state index in [1.807, 2.05) is 0 Å². The van der Waals surface area contributed by atoms with Crippen LogP contribution in [0.5, 0.6) is 0 Å². The zero-order valence-corrected chi connectivity index (χ0v) is 23.9. The number of hydrogen-bond donors (Lipinski definition) is 10. The molecule has 0 saturated carbocycles. The third kappa shape index (κ3) is 7.90. The maximum absolute atomic E-state index is 11.9. The molecule has 7 unspecified atom stereocenters. The molecule has 0 radical (unpaired) electrons. The first-order valence-corrected chi connectivity index (χ1v) is 14.0. The van der Waals surface area contributed by atoms with E-state index < -0.39 is 117 Å². The largest absolute Gasteiger partial charge is 0.394 e. The highest BCUT2D eigenvalue weighted by molar-refractivity contribution is 5.73. The number of amides is 1. The fourth-order valence-electron chi connectivity index (χ4n) is 5.48. The van der Waals surface area contributed by atoms with Gasteiger partial charge in [0.1, 0.15) is 42.7 Å². The van der Waals surface area contributed by atoms with Crippen molar-refractivity contribution >= 4 is 5.91 Å². The maximum Gasteiger partial charge on any atom is 0.217 e. The van der Waals surface area contributed by atoms with Gasteiger partial charge in [-0.3, -0.25) is 4.79 Å². The summed E-state index contributed by atoms with van der Waals surface area (Å²) in [6, 6.07) is -3.30. The minimum atomic E-state index is -1.45. The van der Waals surface area contributed by atoms with Crippen LogP contribution < -0.4 is 22.1 Å². The second-order valence-electron chi connectivity index (χ2n) is 11.3. The van der Waals surface area contributed by atoms with Crippen molar-refractivity contribution in [2.24, 2.45) is 17.4 Å². The maximum atomic E-state index is 11.9. The summed E-state index contributed by atoms with van der Waals surface area (Å²) < 4.78 is 29.7. The standard InChI is InChI=1S/C25H48N4O12/c1-9(26)5-28-17-21(36)23(41-25-18(29-12(4)33)19(34)10(2)13(6-30)38-25)15(8-32)39-24(17)40-22-14(7-31)37-11(3)16(27)20(22)35/h9-11,13-25,28,30-32,34-36H,5-8,26-27H2,1-4H3,(H,29,33)/t9?,10-,11-,13?,14?,15?,16?,17?,18?,19-,20+,21+,22+,23+,24-,25-/m0/s1. The molecule has 0 aromatic heterocycles. The second kappa shape index (κ2) is 15.1. The number of carbonyl (C=O) groups excluding carboxylic acids is 1. The molecule has 3 aliphatic rings. The van der Waals surface area contributed by atoms with E-state index in [1.54, 1.807) is 20.8 Å². The molecule has 3 saturated heterocycles. The molecule has 16 atom stereocenters. The molecule has 3 heterocycles. The Labute approximate surface area is 239 Å². The van der Waals surface area contributed by atoms with Crippen molar-refractivity contribution in [3.05, 3.63) is 0 Å². The quantitative estimate of drug-likeness (QED) is 0.107. The molecule has 3 rings (SSSR count). The highest BCUT2D eigenvalue weighted by Gasteiger charge is 2.53. The zero-order chi connectivity index (χ0) is 30.6. The molecule has 16 nitrogen and oxygen atoms in total. The lowest BCUT2D eigenvalue weighted by Gasteiger charge is -2.50. The van der Waals surface area contributed by atoms with E-state index in [1.165, 1.54) is 6.92 Å². The number of rotatable bonds is 11. The predicted molar refractivity (Wildman–Crippen MR) is 141 cm³/mol. The monoisotopic (exact) mass is 596 g/mol. The van der Waals surface area contributed by atoms with Crippen molar-refractivity contribution < 1.29 is 59.1 Å². The van der Waals surface area contributed by atoms with E-state index in [-0.39, 0.29) is 12.6 Å². The summed E-state index contributed by atoms with van der Waals surface area (Å²) in [5, 5.41) is 68.8.